The molecule has 3 heteroatoms. The lowest BCUT2D eigenvalue weighted by molar-refractivity contribution is 0.577. The van der Waals surface area contributed by atoms with Crippen LogP contribution in [0.1, 0.15) is 12.5 Å². The molecule has 1 rings (SSSR count). The molecule has 0 aliphatic rings. The molecule has 1 aromatic rings. The summed E-state index contributed by atoms with van der Waals surface area (Å²) in [7, 11) is 0. The summed E-state index contributed by atoms with van der Waals surface area (Å²) in [5, 5.41) is 3.50. The number of nitrogens with one attached hydrogen (secondary N) is 1. The average molecular weight is 226 g/mol. The normalized spacial score (nSPS) is 12.1. The van der Waals surface area contributed by atoms with E-state index in [1.165, 1.54) is 6.07 Å². The molecule has 80 valence electrons. The molecule has 0 saturated heterocycles. The standard InChI is InChI=1S/C12H13ClFN/c1-3-9(15-4-2)8-10-11(13)6-5-7-12(10)14/h1,5-7,9,15H,4,8H2,2H3. The number of hydrogen-bond acceptors (Lipinski definition) is 1. The molecule has 0 aliphatic carbocycles. The van der Waals surface area contributed by atoms with E-state index in [-0.39, 0.29) is 11.9 Å². The highest BCUT2D eigenvalue weighted by atomic mass is 35.5. The van der Waals surface area contributed by atoms with Gasteiger partial charge < -0.3 is 5.32 Å². The predicted octanol–water partition coefficient (Wildman–Crippen LogP) is 2.63. The molecule has 1 nitrogen and oxygen atoms in total. The van der Waals surface area contributed by atoms with E-state index in [4.69, 9.17) is 18.0 Å². The van der Waals surface area contributed by atoms with Crippen molar-refractivity contribution < 1.29 is 4.39 Å². The van der Waals surface area contributed by atoms with E-state index in [9.17, 15) is 4.39 Å². The van der Waals surface area contributed by atoms with Crippen molar-refractivity contribution in [2.75, 3.05) is 6.54 Å². The van der Waals surface area contributed by atoms with Gasteiger partial charge in [0.1, 0.15) is 5.82 Å². The third-order valence-electron chi connectivity index (χ3n) is 2.12. The average Bonchev–Trinajstić information content (AvgIpc) is 2.22. The molecule has 0 heterocycles. The SMILES string of the molecule is C#CC(Cc1c(F)cccc1Cl)NCC. The van der Waals surface area contributed by atoms with Crippen LogP contribution in [-0.4, -0.2) is 12.6 Å². The maximum Gasteiger partial charge on any atom is 0.127 e. The fourth-order valence-electron chi connectivity index (χ4n) is 1.37. The lowest BCUT2D eigenvalue weighted by Gasteiger charge is -2.12. The Kier molecular flexibility index (Phi) is 4.61. The summed E-state index contributed by atoms with van der Waals surface area (Å²) in [6.45, 7) is 2.70. The lowest BCUT2D eigenvalue weighted by Crippen LogP contribution is -2.29. The Hall–Kier alpha value is -1.04. The molecule has 1 aromatic carbocycles. The van der Waals surface area contributed by atoms with Gasteiger partial charge in [0, 0.05) is 17.0 Å². The van der Waals surface area contributed by atoms with Crippen LogP contribution in [0.25, 0.3) is 0 Å². The first-order chi connectivity index (χ1) is 7.19. The van der Waals surface area contributed by atoms with Crippen LogP contribution in [0.4, 0.5) is 4.39 Å². The molecule has 0 aromatic heterocycles. The third kappa shape index (κ3) is 3.23. The highest BCUT2D eigenvalue weighted by Crippen LogP contribution is 2.20. The molecule has 1 unspecified atom stereocenters. The molecule has 0 amide bonds. The highest BCUT2D eigenvalue weighted by molar-refractivity contribution is 6.31. The Balaban J connectivity index is 2.84. The van der Waals surface area contributed by atoms with Gasteiger partial charge in [-0.15, -0.1) is 6.42 Å². The monoisotopic (exact) mass is 225 g/mol. The largest absolute Gasteiger partial charge is 0.304 e. The van der Waals surface area contributed by atoms with Gasteiger partial charge in [0.15, 0.2) is 0 Å². The first-order valence-corrected chi connectivity index (χ1v) is 5.19. The van der Waals surface area contributed by atoms with Crippen molar-refractivity contribution in [2.45, 2.75) is 19.4 Å². The molecule has 0 fully saturated rings. The van der Waals surface area contributed by atoms with Crippen molar-refractivity contribution >= 4 is 11.6 Å². The summed E-state index contributed by atoms with van der Waals surface area (Å²) in [4.78, 5) is 0. The fourth-order valence-corrected chi connectivity index (χ4v) is 1.61. The van der Waals surface area contributed by atoms with E-state index in [1.54, 1.807) is 12.1 Å². The molecule has 1 N–H and O–H groups in total. The quantitative estimate of drug-likeness (QED) is 0.777. The van der Waals surface area contributed by atoms with Gasteiger partial charge in [-0.3, -0.25) is 0 Å². The third-order valence-corrected chi connectivity index (χ3v) is 2.48. The van der Waals surface area contributed by atoms with Gasteiger partial charge in [-0.25, -0.2) is 4.39 Å². The highest BCUT2D eigenvalue weighted by Gasteiger charge is 2.11. The van der Waals surface area contributed by atoms with E-state index in [2.05, 4.69) is 11.2 Å². The molecular formula is C12H13ClFN. The van der Waals surface area contributed by atoms with Crippen molar-refractivity contribution in [2.24, 2.45) is 0 Å². The summed E-state index contributed by atoms with van der Waals surface area (Å²) in [6, 6.07) is 4.46. The van der Waals surface area contributed by atoms with E-state index in [0.717, 1.165) is 6.54 Å². The molecular weight excluding hydrogens is 213 g/mol. The minimum Gasteiger partial charge on any atom is -0.304 e. The molecule has 0 radical (unpaired) electrons. The number of rotatable bonds is 4. The zero-order valence-corrected chi connectivity index (χ0v) is 9.31. The van der Waals surface area contributed by atoms with Crippen LogP contribution in [0.2, 0.25) is 5.02 Å². The molecule has 0 bridgehead atoms. The number of terminal acetylenes is 1. The molecule has 0 saturated carbocycles. The van der Waals surface area contributed by atoms with E-state index in [0.29, 0.717) is 17.0 Å². The maximum absolute atomic E-state index is 13.4. The Morgan fingerprint density at radius 3 is 2.87 bits per heavy atom. The Labute approximate surface area is 94.6 Å². The summed E-state index contributed by atoms with van der Waals surface area (Å²) < 4.78 is 13.4. The van der Waals surface area contributed by atoms with Crippen molar-refractivity contribution in [3.05, 3.63) is 34.6 Å². The van der Waals surface area contributed by atoms with Crippen LogP contribution < -0.4 is 5.32 Å². The second-order valence-electron chi connectivity index (χ2n) is 3.18. The van der Waals surface area contributed by atoms with Crippen LogP contribution in [-0.2, 0) is 6.42 Å². The van der Waals surface area contributed by atoms with E-state index < -0.39 is 0 Å². The van der Waals surface area contributed by atoms with Crippen LogP contribution in [0, 0.1) is 18.2 Å². The Morgan fingerprint density at radius 1 is 1.60 bits per heavy atom. The van der Waals surface area contributed by atoms with Crippen molar-refractivity contribution in [1.82, 2.24) is 5.32 Å². The first kappa shape index (κ1) is 12.0. The second kappa shape index (κ2) is 5.75. The zero-order chi connectivity index (χ0) is 11.3. The van der Waals surface area contributed by atoms with Gasteiger partial charge in [0.25, 0.3) is 0 Å². The molecule has 0 spiro atoms. The molecule has 1 atom stereocenters. The van der Waals surface area contributed by atoms with Crippen LogP contribution in [0.3, 0.4) is 0 Å². The summed E-state index contributed by atoms with van der Waals surface area (Å²) >= 11 is 5.89. The summed E-state index contributed by atoms with van der Waals surface area (Å²) in [5.74, 6) is 2.26. The first-order valence-electron chi connectivity index (χ1n) is 4.81. The molecule has 0 aliphatic heterocycles. The molecule has 15 heavy (non-hydrogen) atoms. The van der Waals surface area contributed by atoms with Gasteiger partial charge in [-0.2, -0.15) is 0 Å². The smallest absolute Gasteiger partial charge is 0.127 e. The van der Waals surface area contributed by atoms with E-state index >= 15 is 0 Å². The lowest BCUT2D eigenvalue weighted by atomic mass is 10.1. The van der Waals surface area contributed by atoms with Crippen LogP contribution >= 0.6 is 11.6 Å². The minimum atomic E-state index is -0.305. The van der Waals surface area contributed by atoms with E-state index in [1.807, 2.05) is 6.92 Å². The fraction of sp³-hybridized carbons (Fsp3) is 0.333. The van der Waals surface area contributed by atoms with Gasteiger partial charge >= 0.3 is 0 Å². The number of halogens is 2. The zero-order valence-electron chi connectivity index (χ0n) is 8.56. The van der Waals surface area contributed by atoms with Gasteiger partial charge in [0.05, 0.1) is 6.04 Å². The van der Waals surface area contributed by atoms with Crippen LogP contribution in [0.5, 0.6) is 0 Å². The summed E-state index contributed by atoms with van der Waals surface area (Å²) in [6.07, 6.45) is 5.74. The van der Waals surface area contributed by atoms with Gasteiger partial charge in [-0.05, 0) is 18.7 Å². The maximum atomic E-state index is 13.4. The number of benzene rings is 1. The topological polar surface area (TPSA) is 12.0 Å². The van der Waals surface area contributed by atoms with Gasteiger partial charge in [0.2, 0.25) is 0 Å². The number of likely N-dealkylation sites (N-methyl/N-ethyl adjacent to an activating group) is 1. The van der Waals surface area contributed by atoms with Crippen molar-refractivity contribution in [3.8, 4) is 12.3 Å². The van der Waals surface area contributed by atoms with Crippen LogP contribution in [0.15, 0.2) is 18.2 Å². The second-order valence-corrected chi connectivity index (χ2v) is 3.59. The predicted molar refractivity (Wildman–Crippen MR) is 61.4 cm³/mol. The minimum absolute atomic E-state index is 0.176. The Bertz CT molecular complexity index is 350. The van der Waals surface area contributed by atoms with Gasteiger partial charge in [-0.1, -0.05) is 30.5 Å². The van der Waals surface area contributed by atoms with Crippen molar-refractivity contribution in [3.63, 3.8) is 0 Å². The number of hydrogen-bond donors (Lipinski definition) is 1. The van der Waals surface area contributed by atoms with Crippen molar-refractivity contribution in [1.29, 1.82) is 0 Å². The summed E-state index contributed by atoms with van der Waals surface area (Å²) in [5.41, 5.74) is 0.475. The Morgan fingerprint density at radius 2 is 2.33 bits per heavy atom.